The molecule has 0 rings (SSSR count). The molecule has 0 aromatic carbocycles. The van der Waals surface area contributed by atoms with E-state index in [0.29, 0.717) is 19.4 Å². The van der Waals surface area contributed by atoms with Gasteiger partial charge in [-0.1, -0.05) is 259 Å². The van der Waals surface area contributed by atoms with E-state index in [9.17, 15) is 9.59 Å². The zero-order valence-corrected chi connectivity index (χ0v) is 44.6. The van der Waals surface area contributed by atoms with Crippen LogP contribution in [0.25, 0.3) is 0 Å². The first kappa shape index (κ1) is 64.6. The van der Waals surface area contributed by atoms with E-state index in [2.05, 4.69) is 130 Å². The number of hydrogen-bond donors (Lipinski definition) is 0. The van der Waals surface area contributed by atoms with Crippen molar-refractivity contribution in [1.82, 2.24) is 0 Å². The van der Waals surface area contributed by atoms with Crippen LogP contribution in [0.3, 0.4) is 0 Å². The van der Waals surface area contributed by atoms with Gasteiger partial charge in [0, 0.05) is 12.8 Å². The number of esters is 2. The molecular weight excluding hydrogens is 837 g/mol. The molecule has 0 aromatic rings. The minimum Gasteiger partial charge on any atom is -0.462 e. The van der Waals surface area contributed by atoms with E-state index < -0.39 is 6.10 Å². The molecule has 0 aliphatic carbocycles. The summed E-state index contributed by atoms with van der Waals surface area (Å²) < 4.78 is 17.4. The molecule has 5 nitrogen and oxygen atoms in total. The number of unbranched alkanes of at least 4 members (excludes halogenated alkanes) is 22. The van der Waals surface area contributed by atoms with Crippen LogP contribution in [0.5, 0.6) is 0 Å². The van der Waals surface area contributed by atoms with Crippen LogP contribution in [0, 0.1) is 0 Å². The van der Waals surface area contributed by atoms with Crippen molar-refractivity contribution in [2.24, 2.45) is 0 Å². The molecule has 0 saturated carbocycles. The lowest BCUT2D eigenvalue weighted by Gasteiger charge is -2.18. The fourth-order valence-electron chi connectivity index (χ4n) is 7.68. The van der Waals surface area contributed by atoms with Crippen LogP contribution in [0.4, 0.5) is 0 Å². The summed E-state index contributed by atoms with van der Waals surface area (Å²) in [5.74, 6) is -0.451. The highest BCUT2D eigenvalue weighted by atomic mass is 16.6. The molecule has 0 aliphatic rings. The van der Waals surface area contributed by atoms with Crippen LogP contribution in [0.2, 0.25) is 0 Å². The molecule has 0 N–H and O–H groups in total. The van der Waals surface area contributed by atoms with Crippen LogP contribution in [-0.2, 0) is 23.8 Å². The number of carbonyl (C=O) groups excluding carboxylic acids is 2. The van der Waals surface area contributed by atoms with E-state index in [0.717, 1.165) is 109 Å². The van der Waals surface area contributed by atoms with Crippen molar-refractivity contribution in [2.45, 2.75) is 258 Å². The Balaban J connectivity index is 4.39. The standard InChI is InChI=1S/C63H106O5/c1-4-7-10-13-16-19-22-25-28-31-32-34-35-38-41-44-47-50-53-56-62(64)67-60-61(59-66-58-55-52-49-46-43-40-37-30-27-24-21-18-15-12-9-6-3)68-63(65)57-54-51-48-45-42-39-36-33-29-26-23-20-17-14-11-8-5-2/h7,9-10,12,16,18-19,21,25,27-28,30,32,34,40,43,49,52,61H,4-6,8,11,13-15,17,20,22-24,26,29,31,33,35-39,41-42,44-48,50-51,53-60H2,1-3H3/b10-7-,12-9-,19-16-,21-18-,28-25-,30-27-,34-32-,43-40-,52-49-. The van der Waals surface area contributed by atoms with E-state index in [-0.39, 0.29) is 25.2 Å². The summed E-state index contributed by atoms with van der Waals surface area (Å²) in [6.45, 7) is 7.40. The second-order valence-electron chi connectivity index (χ2n) is 18.4. The van der Waals surface area contributed by atoms with E-state index in [1.54, 1.807) is 0 Å². The van der Waals surface area contributed by atoms with Gasteiger partial charge in [-0.3, -0.25) is 9.59 Å². The van der Waals surface area contributed by atoms with Crippen LogP contribution >= 0.6 is 0 Å². The molecule has 1 unspecified atom stereocenters. The number of hydrogen-bond acceptors (Lipinski definition) is 5. The Morgan fingerprint density at radius 3 is 1.06 bits per heavy atom. The maximum absolute atomic E-state index is 12.9. The molecule has 5 heteroatoms. The largest absolute Gasteiger partial charge is 0.462 e. The van der Waals surface area contributed by atoms with Crippen LogP contribution in [-0.4, -0.2) is 37.9 Å². The molecule has 0 radical (unpaired) electrons. The molecule has 0 saturated heterocycles. The number of rotatable bonds is 51. The van der Waals surface area contributed by atoms with E-state index in [1.807, 2.05) is 0 Å². The third-order valence-electron chi connectivity index (χ3n) is 11.8. The molecule has 68 heavy (non-hydrogen) atoms. The maximum Gasteiger partial charge on any atom is 0.306 e. The van der Waals surface area contributed by atoms with E-state index >= 15 is 0 Å². The monoisotopic (exact) mass is 943 g/mol. The first-order chi connectivity index (χ1) is 33.6. The molecule has 1 atom stereocenters. The van der Waals surface area contributed by atoms with Gasteiger partial charge in [0.15, 0.2) is 6.10 Å². The van der Waals surface area contributed by atoms with E-state index in [1.165, 1.54) is 109 Å². The summed E-state index contributed by atoms with van der Waals surface area (Å²) in [4.78, 5) is 25.5. The topological polar surface area (TPSA) is 61.8 Å². The van der Waals surface area contributed by atoms with Crippen molar-refractivity contribution in [1.29, 1.82) is 0 Å². The Hall–Kier alpha value is -3.44. The molecule has 0 aliphatic heterocycles. The average Bonchev–Trinajstić information content (AvgIpc) is 3.34. The van der Waals surface area contributed by atoms with Crippen molar-refractivity contribution < 1.29 is 23.8 Å². The predicted molar refractivity (Wildman–Crippen MR) is 297 cm³/mol. The van der Waals surface area contributed by atoms with Gasteiger partial charge in [0.25, 0.3) is 0 Å². The van der Waals surface area contributed by atoms with Gasteiger partial charge in [-0.2, -0.15) is 0 Å². The zero-order valence-electron chi connectivity index (χ0n) is 44.6. The number of carbonyl (C=O) groups is 2. The second-order valence-corrected chi connectivity index (χ2v) is 18.4. The summed E-state index contributed by atoms with van der Waals surface area (Å²) in [6, 6.07) is 0. The Bertz CT molecular complexity index is 1340. The SMILES string of the molecule is CC/C=C\C/C=C\C/C=C\C/C=C\C/C=C\CCOCC(COC(=O)CCCCCCCC/C=C\C/C=C\C/C=C\C/C=C\CC)OC(=O)CCCCCCCCCCCCCCCCCCC. The van der Waals surface area contributed by atoms with Crippen molar-refractivity contribution in [3.05, 3.63) is 109 Å². The van der Waals surface area contributed by atoms with Gasteiger partial charge in [0.2, 0.25) is 0 Å². The van der Waals surface area contributed by atoms with Gasteiger partial charge in [0.1, 0.15) is 6.61 Å². The van der Waals surface area contributed by atoms with Gasteiger partial charge in [-0.15, -0.1) is 0 Å². The summed E-state index contributed by atoms with van der Waals surface area (Å²) >= 11 is 0. The quantitative estimate of drug-likeness (QED) is 0.0345. The second kappa shape index (κ2) is 57.9. The Morgan fingerprint density at radius 1 is 0.338 bits per heavy atom. The molecule has 0 fully saturated rings. The lowest BCUT2D eigenvalue weighted by Crippen LogP contribution is -2.30. The first-order valence-corrected chi connectivity index (χ1v) is 28.4. The Morgan fingerprint density at radius 2 is 0.662 bits per heavy atom. The highest BCUT2D eigenvalue weighted by Crippen LogP contribution is 2.15. The lowest BCUT2D eigenvalue weighted by atomic mass is 10.0. The molecule has 0 bridgehead atoms. The van der Waals surface area contributed by atoms with E-state index in [4.69, 9.17) is 14.2 Å². The van der Waals surface area contributed by atoms with Gasteiger partial charge in [-0.05, 0) is 89.9 Å². The smallest absolute Gasteiger partial charge is 0.306 e. The van der Waals surface area contributed by atoms with Crippen LogP contribution in [0.15, 0.2) is 109 Å². The fourth-order valence-corrected chi connectivity index (χ4v) is 7.68. The number of allylic oxidation sites excluding steroid dienone is 17. The van der Waals surface area contributed by atoms with Gasteiger partial charge < -0.3 is 14.2 Å². The third-order valence-corrected chi connectivity index (χ3v) is 11.8. The lowest BCUT2D eigenvalue weighted by molar-refractivity contribution is -0.162. The van der Waals surface area contributed by atoms with Crippen molar-refractivity contribution in [2.75, 3.05) is 19.8 Å². The summed E-state index contributed by atoms with van der Waals surface area (Å²) in [5, 5.41) is 0. The molecule has 0 heterocycles. The molecular formula is C63H106O5. The van der Waals surface area contributed by atoms with Gasteiger partial charge >= 0.3 is 11.9 Å². The van der Waals surface area contributed by atoms with Crippen molar-refractivity contribution >= 4 is 11.9 Å². The zero-order chi connectivity index (χ0) is 49.2. The molecule has 0 amide bonds. The minimum atomic E-state index is -0.587. The summed E-state index contributed by atoms with van der Waals surface area (Å²) in [7, 11) is 0. The molecule has 0 aromatic heterocycles. The predicted octanol–water partition coefficient (Wildman–Crippen LogP) is 19.6. The third kappa shape index (κ3) is 55.2. The summed E-state index contributed by atoms with van der Waals surface area (Å²) in [6.07, 6.45) is 79.8. The van der Waals surface area contributed by atoms with Crippen molar-refractivity contribution in [3.63, 3.8) is 0 Å². The average molecular weight is 944 g/mol. The van der Waals surface area contributed by atoms with Crippen LogP contribution in [0.1, 0.15) is 252 Å². The van der Waals surface area contributed by atoms with Crippen molar-refractivity contribution in [3.8, 4) is 0 Å². The van der Waals surface area contributed by atoms with Crippen LogP contribution < -0.4 is 0 Å². The maximum atomic E-state index is 12.9. The number of ether oxygens (including phenoxy) is 3. The molecule has 0 spiro atoms. The highest BCUT2D eigenvalue weighted by molar-refractivity contribution is 5.70. The first-order valence-electron chi connectivity index (χ1n) is 28.4. The summed E-state index contributed by atoms with van der Waals surface area (Å²) in [5.41, 5.74) is 0. The minimum absolute atomic E-state index is 0.0442. The Kier molecular flexibility index (Phi) is 54.9. The molecule has 388 valence electrons. The fraction of sp³-hybridized carbons (Fsp3) is 0.683. The highest BCUT2D eigenvalue weighted by Gasteiger charge is 2.17. The van der Waals surface area contributed by atoms with Gasteiger partial charge in [0.05, 0.1) is 13.2 Å². The Labute approximate surface area is 421 Å². The normalized spacial score (nSPS) is 13.0. The van der Waals surface area contributed by atoms with Gasteiger partial charge in [-0.25, -0.2) is 0 Å².